The summed E-state index contributed by atoms with van der Waals surface area (Å²) in [5.41, 5.74) is 9.17. The monoisotopic (exact) mass is 239 g/mol. The van der Waals surface area contributed by atoms with Gasteiger partial charge in [-0.2, -0.15) is 0 Å². The molecule has 3 rings (SSSR count). The van der Waals surface area contributed by atoms with Gasteiger partial charge in [-0.1, -0.05) is 0 Å². The Morgan fingerprint density at radius 2 is 2.06 bits per heavy atom. The number of hydrogen-bond acceptors (Lipinski definition) is 3. The van der Waals surface area contributed by atoms with Crippen LogP contribution >= 0.6 is 0 Å². The van der Waals surface area contributed by atoms with Gasteiger partial charge in [0.05, 0.1) is 30.4 Å². The number of aromatic nitrogens is 2. The highest BCUT2D eigenvalue weighted by Crippen LogP contribution is 2.25. The van der Waals surface area contributed by atoms with Crippen molar-refractivity contribution < 1.29 is 4.74 Å². The molecule has 0 saturated heterocycles. The van der Waals surface area contributed by atoms with Crippen LogP contribution in [0.4, 0.5) is 5.69 Å². The quantitative estimate of drug-likeness (QED) is 0.722. The van der Waals surface area contributed by atoms with Crippen molar-refractivity contribution >= 4 is 16.6 Å². The molecular weight excluding hydrogens is 226 g/mol. The average molecular weight is 239 g/mol. The van der Waals surface area contributed by atoms with E-state index < -0.39 is 0 Å². The third-order valence-electron chi connectivity index (χ3n) is 2.89. The molecule has 0 amide bonds. The van der Waals surface area contributed by atoms with Crippen LogP contribution < -0.4 is 10.5 Å². The summed E-state index contributed by atoms with van der Waals surface area (Å²) in [5, 5.41) is 1.13. The van der Waals surface area contributed by atoms with Gasteiger partial charge >= 0.3 is 0 Å². The summed E-state index contributed by atoms with van der Waals surface area (Å²) in [6.45, 7) is 0. The van der Waals surface area contributed by atoms with Crippen molar-refractivity contribution in [1.29, 1.82) is 0 Å². The number of nitrogens with zero attached hydrogens (tertiary/aromatic N) is 1. The summed E-state index contributed by atoms with van der Waals surface area (Å²) in [5.74, 6) is 0.834. The summed E-state index contributed by atoms with van der Waals surface area (Å²) < 4.78 is 5.20. The van der Waals surface area contributed by atoms with E-state index in [0.717, 1.165) is 28.0 Å². The molecular formula is C14H13N3O. The number of rotatable bonds is 2. The number of H-pyrrole nitrogens is 1. The van der Waals surface area contributed by atoms with Gasteiger partial charge < -0.3 is 15.5 Å². The molecule has 3 N–H and O–H groups in total. The third-order valence-corrected chi connectivity index (χ3v) is 2.89. The molecule has 0 aliphatic rings. The highest BCUT2D eigenvalue weighted by molar-refractivity contribution is 5.86. The van der Waals surface area contributed by atoms with Crippen molar-refractivity contribution in [3.8, 4) is 17.1 Å². The Bertz CT molecular complexity index is 686. The first-order valence-electron chi connectivity index (χ1n) is 5.65. The molecule has 4 nitrogen and oxygen atoms in total. The molecule has 0 fully saturated rings. The topological polar surface area (TPSA) is 63.9 Å². The molecule has 0 saturated carbocycles. The molecule has 0 bridgehead atoms. The van der Waals surface area contributed by atoms with Crippen molar-refractivity contribution in [2.75, 3.05) is 12.8 Å². The summed E-state index contributed by atoms with van der Waals surface area (Å²) in [4.78, 5) is 7.62. The Morgan fingerprint density at radius 1 is 1.17 bits per heavy atom. The lowest BCUT2D eigenvalue weighted by molar-refractivity contribution is 0.415. The number of nitrogen functional groups attached to an aromatic ring is 1. The zero-order valence-corrected chi connectivity index (χ0v) is 9.97. The Hall–Kier alpha value is -2.49. The minimum atomic E-state index is 0.663. The largest absolute Gasteiger partial charge is 0.497 e. The first kappa shape index (κ1) is 10.7. The molecule has 0 unspecified atom stereocenters. The van der Waals surface area contributed by atoms with Crippen LogP contribution in [0.2, 0.25) is 0 Å². The molecule has 2 aromatic heterocycles. The molecule has 0 spiro atoms. The third kappa shape index (κ3) is 1.78. The van der Waals surface area contributed by atoms with E-state index in [4.69, 9.17) is 10.5 Å². The highest BCUT2D eigenvalue weighted by atomic mass is 16.5. The van der Waals surface area contributed by atoms with E-state index in [9.17, 15) is 0 Å². The summed E-state index contributed by atoms with van der Waals surface area (Å²) >= 11 is 0. The zero-order chi connectivity index (χ0) is 12.5. The van der Waals surface area contributed by atoms with Crippen molar-refractivity contribution in [2.24, 2.45) is 0 Å². The SMILES string of the molecule is COc1ccc2cc(-c3ccc(N)cn3)[nH]c2c1. The second-order valence-electron chi connectivity index (χ2n) is 4.11. The van der Waals surface area contributed by atoms with E-state index in [-0.39, 0.29) is 0 Å². The lowest BCUT2D eigenvalue weighted by atomic mass is 10.2. The van der Waals surface area contributed by atoms with Crippen LogP contribution in [0.5, 0.6) is 5.75 Å². The highest BCUT2D eigenvalue weighted by Gasteiger charge is 2.05. The van der Waals surface area contributed by atoms with Gasteiger partial charge in [0, 0.05) is 17.0 Å². The number of nitrogens with one attached hydrogen (secondary N) is 1. The molecule has 18 heavy (non-hydrogen) atoms. The normalized spacial score (nSPS) is 10.7. The number of anilines is 1. The van der Waals surface area contributed by atoms with Crippen LogP contribution in [0.3, 0.4) is 0 Å². The lowest BCUT2D eigenvalue weighted by Gasteiger charge is -1.98. The van der Waals surface area contributed by atoms with Gasteiger partial charge in [0.25, 0.3) is 0 Å². The Balaban J connectivity index is 2.10. The number of hydrogen-bond donors (Lipinski definition) is 2. The number of aromatic amines is 1. The molecule has 3 aromatic rings. The van der Waals surface area contributed by atoms with Crippen molar-refractivity contribution in [2.45, 2.75) is 0 Å². The van der Waals surface area contributed by atoms with Crippen molar-refractivity contribution in [3.05, 3.63) is 42.6 Å². The molecule has 0 radical (unpaired) electrons. The summed E-state index contributed by atoms with van der Waals surface area (Å²) in [7, 11) is 1.66. The number of fused-ring (bicyclic) bond motifs is 1. The molecule has 2 heterocycles. The molecule has 0 aliphatic carbocycles. The van der Waals surface area contributed by atoms with Gasteiger partial charge in [-0.05, 0) is 30.3 Å². The van der Waals surface area contributed by atoms with Gasteiger partial charge in [-0.3, -0.25) is 4.98 Å². The summed E-state index contributed by atoms with van der Waals surface area (Å²) in [6.07, 6.45) is 1.65. The predicted molar refractivity (Wildman–Crippen MR) is 72.5 cm³/mol. The fourth-order valence-electron chi connectivity index (χ4n) is 1.94. The van der Waals surface area contributed by atoms with Crippen LogP contribution in [0.25, 0.3) is 22.3 Å². The van der Waals surface area contributed by atoms with Gasteiger partial charge in [0.15, 0.2) is 0 Å². The van der Waals surface area contributed by atoms with Crippen LogP contribution in [0.15, 0.2) is 42.6 Å². The minimum Gasteiger partial charge on any atom is -0.497 e. The first-order chi connectivity index (χ1) is 8.76. The number of benzene rings is 1. The molecule has 1 aromatic carbocycles. The van der Waals surface area contributed by atoms with Crippen LogP contribution in [0.1, 0.15) is 0 Å². The van der Waals surface area contributed by atoms with E-state index in [1.807, 2.05) is 30.3 Å². The van der Waals surface area contributed by atoms with Crippen LogP contribution in [0, 0.1) is 0 Å². The predicted octanol–water partition coefficient (Wildman–Crippen LogP) is 2.82. The Kier molecular flexibility index (Phi) is 2.41. The van der Waals surface area contributed by atoms with Crippen LogP contribution in [-0.4, -0.2) is 17.1 Å². The molecule has 4 heteroatoms. The zero-order valence-electron chi connectivity index (χ0n) is 9.97. The van der Waals surface area contributed by atoms with Gasteiger partial charge in [-0.25, -0.2) is 0 Å². The van der Waals surface area contributed by atoms with Crippen LogP contribution in [-0.2, 0) is 0 Å². The van der Waals surface area contributed by atoms with Crippen molar-refractivity contribution in [3.63, 3.8) is 0 Å². The maximum absolute atomic E-state index is 5.63. The first-order valence-corrected chi connectivity index (χ1v) is 5.65. The number of methoxy groups -OCH3 is 1. The molecule has 90 valence electrons. The minimum absolute atomic E-state index is 0.663. The number of ether oxygens (including phenoxy) is 1. The molecule has 0 aliphatic heterocycles. The Morgan fingerprint density at radius 3 is 2.78 bits per heavy atom. The van der Waals surface area contributed by atoms with E-state index in [1.54, 1.807) is 13.3 Å². The van der Waals surface area contributed by atoms with Gasteiger partial charge in [-0.15, -0.1) is 0 Å². The van der Waals surface area contributed by atoms with E-state index >= 15 is 0 Å². The van der Waals surface area contributed by atoms with E-state index in [0.29, 0.717) is 5.69 Å². The maximum Gasteiger partial charge on any atom is 0.120 e. The van der Waals surface area contributed by atoms with E-state index in [1.165, 1.54) is 0 Å². The average Bonchev–Trinajstić information content (AvgIpc) is 2.82. The standard InChI is InChI=1S/C14H13N3O/c1-18-11-4-2-9-6-14(17-13(9)7-11)12-5-3-10(15)8-16-12/h2-8,17H,15H2,1H3. The fourth-order valence-corrected chi connectivity index (χ4v) is 1.94. The fraction of sp³-hybridized carbons (Fsp3) is 0.0714. The number of nitrogens with two attached hydrogens (primary N) is 1. The maximum atomic E-state index is 5.63. The second-order valence-corrected chi connectivity index (χ2v) is 4.11. The lowest BCUT2D eigenvalue weighted by Crippen LogP contribution is -1.87. The summed E-state index contributed by atoms with van der Waals surface area (Å²) in [6, 6.07) is 11.7. The van der Waals surface area contributed by atoms with Crippen molar-refractivity contribution in [1.82, 2.24) is 9.97 Å². The Labute approximate surface area is 104 Å². The molecule has 0 atom stereocenters. The second kappa shape index (κ2) is 4.07. The van der Waals surface area contributed by atoms with E-state index in [2.05, 4.69) is 16.0 Å². The number of pyridine rings is 1. The van der Waals surface area contributed by atoms with Gasteiger partial charge in [0.1, 0.15) is 5.75 Å². The smallest absolute Gasteiger partial charge is 0.120 e. The van der Waals surface area contributed by atoms with Gasteiger partial charge in [0.2, 0.25) is 0 Å².